The Morgan fingerprint density at radius 2 is 2.16 bits per heavy atom. The molecular weight excluding hydrogens is 266 g/mol. The van der Waals surface area contributed by atoms with Crippen molar-refractivity contribution in [2.45, 2.75) is 33.2 Å². The van der Waals surface area contributed by atoms with Gasteiger partial charge >= 0.3 is 0 Å². The molecule has 1 rings (SSSR count). The molecule has 7 heteroatoms. The number of nitrogens with one attached hydrogen (secondary N) is 2. The van der Waals surface area contributed by atoms with Gasteiger partial charge in [-0.05, 0) is 19.3 Å². The Kier molecular flexibility index (Phi) is 6.22. The van der Waals surface area contributed by atoms with Crippen molar-refractivity contribution < 1.29 is 13.2 Å². The topological polar surface area (TPSA) is 78.5 Å². The second-order valence-corrected chi connectivity index (χ2v) is 7.26. The van der Waals surface area contributed by atoms with Gasteiger partial charge in [-0.25, -0.2) is 8.42 Å². The van der Waals surface area contributed by atoms with Crippen LogP contribution in [0.1, 0.15) is 27.2 Å². The quantitative estimate of drug-likeness (QED) is 0.709. The molecule has 2 N–H and O–H groups in total. The van der Waals surface area contributed by atoms with Crippen molar-refractivity contribution in [3.63, 3.8) is 0 Å². The summed E-state index contributed by atoms with van der Waals surface area (Å²) in [6.07, 6.45) is 0.619. The van der Waals surface area contributed by atoms with E-state index in [9.17, 15) is 13.2 Å². The number of carbonyl (C=O) groups is 1. The highest BCUT2D eigenvalue weighted by atomic mass is 32.2. The minimum Gasteiger partial charge on any atom is -0.355 e. The van der Waals surface area contributed by atoms with Crippen LogP contribution >= 0.6 is 0 Å². The van der Waals surface area contributed by atoms with E-state index in [1.165, 1.54) is 4.31 Å². The minimum absolute atomic E-state index is 0.112. The standard InChI is InChI=1S/C12H25N3O3S/c1-4-14-12(16)11-9-13-6-7-15(11)19(17,18)8-5-10(2)3/h10-11,13H,4-9H2,1-3H3,(H,14,16). The largest absolute Gasteiger partial charge is 0.355 e. The number of amides is 1. The molecule has 0 aromatic carbocycles. The highest BCUT2D eigenvalue weighted by Crippen LogP contribution is 2.14. The number of nitrogens with zero attached hydrogens (tertiary/aromatic N) is 1. The van der Waals surface area contributed by atoms with Gasteiger partial charge in [-0.2, -0.15) is 4.31 Å². The van der Waals surface area contributed by atoms with Crippen molar-refractivity contribution in [2.24, 2.45) is 5.92 Å². The third kappa shape index (κ3) is 4.74. The first-order valence-corrected chi connectivity index (χ1v) is 8.47. The van der Waals surface area contributed by atoms with Crippen molar-refractivity contribution in [1.82, 2.24) is 14.9 Å². The van der Waals surface area contributed by atoms with Crippen molar-refractivity contribution in [1.29, 1.82) is 0 Å². The van der Waals surface area contributed by atoms with Crippen molar-refractivity contribution in [3.8, 4) is 0 Å². The van der Waals surface area contributed by atoms with Gasteiger partial charge in [-0.1, -0.05) is 13.8 Å². The van der Waals surface area contributed by atoms with Crippen LogP contribution in [0.15, 0.2) is 0 Å². The summed E-state index contributed by atoms with van der Waals surface area (Å²) in [5.41, 5.74) is 0. The molecule has 112 valence electrons. The summed E-state index contributed by atoms with van der Waals surface area (Å²) in [5.74, 6) is 0.226. The molecule has 0 aromatic rings. The van der Waals surface area contributed by atoms with Gasteiger partial charge in [0, 0.05) is 26.2 Å². The van der Waals surface area contributed by atoms with E-state index in [0.29, 0.717) is 38.5 Å². The van der Waals surface area contributed by atoms with E-state index in [-0.39, 0.29) is 11.7 Å². The molecule has 1 heterocycles. The number of hydrogen-bond donors (Lipinski definition) is 2. The molecule has 1 saturated heterocycles. The Morgan fingerprint density at radius 3 is 2.74 bits per heavy atom. The Bertz CT molecular complexity index is 395. The monoisotopic (exact) mass is 291 g/mol. The highest BCUT2D eigenvalue weighted by Gasteiger charge is 2.36. The summed E-state index contributed by atoms with van der Waals surface area (Å²) >= 11 is 0. The number of rotatable bonds is 6. The predicted octanol–water partition coefficient (Wildman–Crippen LogP) is -0.228. The average molecular weight is 291 g/mol. The molecule has 0 aliphatic carbocycles. The summed E-state index contributed by atoms with van der Waals surface area (Å²) < 4.78 is 26.0. The van der Waals surface area contributed by atoms with Crippen molar-refractivity contribution >= 4 is 15.9 Å². The first kappa shape index (κ1) is 16.4. The highest BCUT2D eigenvalue weighted by molar-refractivity contribution is 7.89. The summed E-state index contributed by atoms with van der Waals surface area (Å²) in [6.45, 7) is 7.66. The van der Waals surface area contributed by atoms with E-state index in [0.717, 1.165) is 0 Å². The van der Waals surface area contributed by atoms with Crippen molar-refractivity contribution in [3.05, 3.63) is 0 Å². The van der Waals surface area contributed by atoms with Crippen LogP contribution in [0.2, 0.25) is 0 Å². The zero-order valence-corrected chi connectivity index (χ0v) is 12.8. The van der Waals surface area contributed by atoms with E-state index >= 15 is 0 Å². The van der Waals surface area contributed by atoms with Crippen molar-refractivity contribution in [2.75, 3.05) is 31.9 Å². The van der Waals surface area contributed by atoms with E-state index in [4.69, 9.17) is 0 Å². The lowest BCUT2D eigenvalue weighted by Crippen LogP contribution is -2.59. The SMILES string of the molecule is CCNC(=O)C1CNCCN1S(=O)(=O)CCC(C)C. The summed E-state index contributed by atoms with van der Waals surface area (Å²) in [5, 5.41) is 5.77. The summed E-state index contributed by atoms with van der Waals surface area (Å²) in [4.78, 5) is 11.9. The molecule has 0 spiro atoms. The van der Waals surface area contributed by atoms with Crippen LogP contribution < -0.4 is 10.6 Å². The molecule has 1 fully saturated rings. The van der Waals surface area contributed by atoms with Gasteiger partial charge in [0.2, 0.25) is 15.9 Å². The van der Waals surface area contributed by atoms with Gasteiger partial charge in [0.05, 0.1) is 5.75 Å². The van der Waals surface area contributed by atoms with Gasteiger partial charge < -0.3 is 10.6 Å². The molecule has 0 saturated carbocycles. The van der Waals surface area contributed by atoms with Crippen LogP contribution in [0.3, 0.4) is 0 Å². The second-order valence-electron chi connectivity index (χ2n) is 5.22. The molecular formula is C12H25N3O3S. The number of sulfonamides is 1. The summed E-state index contributed by atoms with van der Waals surface area (Å²) in [6, 6.07) is -0.620. The van der Waals surface area contributed by atoms with Crippen LogP contribution in [-0.4, -0.2) is 56.6 Å². The fourth-order valence-corrected chi connectivity index (χ4v) is 3.97. The number of hydrogen-bond acceptors (Lipinski definition) is 4. The van der Waals surface area contributed by atoms with E-state index < -0.39 is 16.1 Å². The lowest BCUT2D eigenvalue weighted by atomic mass is 10.2. The lowest BCUT2D eigenvalue weighted by molar-refractivity contribution is -0.125. The maximum Gasteiger partial charge on any atom is 0.239 e. The molecule has 0 aromatic heterocycles. The van der Waals surface area contributed by atoms with E-state index in [2.05, 4.69) is 10.6 Å². The zero-order valence-electron chi connectivity index (χ0n) is 12.0. The lowest BCUT2D eigenvalue weighted by Gasteiger charge is -2.34. The fraction of sp³-hybridized carbons (Fsp3) is 0.917. The molecule has 0 bridgehead atoms. The molecule has 1 atom stereocenters. The maximum absolute atomic E-state index is 12.3. The third-order valence-corrected chi connectivity index (χ3v) is 5.06. The van der Waals surface area contributed by atoms with Crippen LogP contribution in [0, 0.1) is 5.92 Å². The number of piperazine rings is 1. The Labute approximate surface area is 116 Å². The minimum atomic E-state index is -3.36. The Hall–Kier alpha value is -0.660. The second kappa shape index (κ2) is 7.21. The average Bonchev–Trinajstić information content (AvgIpc) is 2.37. The predicted molar refractivity (Wildman–Crippen MR) is 75.3 cm³/mol. The van der Waals surface area contributed by atoms with Crippen LogP contribution in [0.25, 0.3) is 0 Å². The zero-order chi connectivity index (χ0) is 14.5. The smallest absolute Gasteiger partial charge is 0.239 e. The first-order valence-electron chi connectivity index (χ1n) is 6.86. The third-order valence-electron chi connectivity index (χ3n) is 3.16. The Morgan fingerprint density at radius 1 is 1.47 bits per heavy atom. The van der Waals surface area contributed by atoms with Gasteiger partial charge in [-0.15, -0.1) is 0 Å². The van der Waals surface area contributed by atoms with Gasteiger partial charge in [-0.3, -0.25) is 4.79 Å². The molecule has 6 nitrogen and oxygen atoms in total. The molecule has 1 amide bonds. The van der Waals surface area contributed by atoms with Crippen LogP contribution in [0.4, 0.5) is 0 Å². The molecule has 19 heavy (non-hydrogen) atoms. The number of carbonyl (C=O) groups excluding carboxylic acids is 1. The van der Waals surface area contributed by atoms with E-state index in [1.54, 1.807) is 0 Å². The molecule has 1 aliphatic heterocycles. The van der Waals surface area contributed by atoms with Gasteiger partial charge in [0.25, 0.3) is 0 Å². The first-order chi connectivity index (χ1) is 8.88. The fourth-order valence-electron chi connectivity index (χ4n) is 2.04. The molecule has 1 unspecified atom stereocenters. The van der Waals surface area contributed by atoms with Crippen LogP contribution in [0.5, 0.6) is 0 Å². The molecule has 1 aliphatic rings. The van der Waals surface area contributed by atoms with Crippen LogP contribution in [-0.2, 0) is 14.8 Å². The molecule has 0 radical (unpaired) electrons. The van der Waals surface area contributed by atoms with Gasteiger partial charge in [0.1, 0.15) is 6.04 Å². The summed E-state index contributed by atoms with van der Waals surface area (Å²) in [7, 11) is -3.36. The number of likely N-dealkylation sites (N-methyl/N-ethyl adjacent to an activating group) is 1. The normalized spacial score (nSPS) is 21.6. The van der Waals surface area contributed by atoms with Gasteiger partial charge in [0.15, 0.2) is 0 Å². The van der Waals surface area contributed by atoms with E-state index in [1.807, 2.05) is 20.8 Å². The Balaban J connectivity index is 2.78. The maximum atomic E-state index is 12.3.